The van der Waals surface area contributed by atoms with Crippen molar-refractivity contribution in [3.63, 3.8) is 0 Å². The number of rotatable bonds is 6. The van der Waals surface area contributed by atoms with Gasteiger partial charge < -0.3 is 24.8 Å². The molecule has 0 saturated carbocycles. The Bertz CT molecular complexity index is 874. The zero-order chi connectivity index (χ0) is 18.7. The molecule has 0 fully saturated rings. The summed E-state index contributed by atoms with van der Waals surface area (Å²) in [4.78, 5) is 4.55. The first-order valence-corrected chi connectivity index (χ1v) is 8.54. The number of aromatic nitrogens is 1. The van der Waals surface area contributed by atoms with E-state index >= 15 is 0 Å². The molecule has 1 aliphatic heterocycles. The van der Waals surface area contributed by atoms with Gasteiger partial charge in [-0.25, -0.2) is 0 Å². The first-order chi connectivity index (χ1) is 12.7. The van der Waals surface area contributed by atoms with Gasteiger partial charge in [0.25, 0.3) is 0 Å². The Balaban J connectivity index is 2.15. The summed E-state index contributed by atoms with van der Waals surface area (Å²) in [7, 11) is 3.19. The second-order valence-corrected chi connectivity index (χ2v) is 5.76. The van der Waals surface area contributed by atoms with Crippen LogP contribution < -0.4 is 24.8 Å². The number of methoxy groups -OCH3 is 2. The zero-order valence-electron chi connectivity index (χ0n) is 15.4. The molecule has 0 spiro atoms. The van der Waals surface area contributed by atoms with Gasteiger partial charge in [-0.2, -0.15) is 10.2 Å². The highest BCUT2D eigenvalue weighted by Crippen LogP contribution is 2.45. The Morgan fingerprint density at radius 1 is 1.15 bits per heavy atom. The van der Waals surface area contributed by atoms with Crippen LogP contribution in [0.3, 0.4) is 0 Å². The van der Waals surface area contributed by atoms with Gasteiger partial charge in [0, 0.05) is 36.7 Å². The van der Waals surface area contributed by atoms with Gasteiger partial charge in [-0.05, 0) is 19.9 Å². The Labute approximate surface area is 152 Å². The minimum Gasteiger partial charge on any atom is -0.493 e. The van der Waals surface area contributed by atoms with E-state index in [0.29, 0.717) is 54.0 Å². The summed E-state index contributed by atoms with van der Waals surface area (Å²) >= 11 is 0. The van der Waals surface area contributed by atoms with Crippen LogP contribution in [0.4, 0.5) is 11.5 Å². The number of hydrogen-bond donors (Lipinski definition) is 2. The molecule has 7 heteroatoms. The summed E-state index contributed by atoms with van der Waals surface area (Å²) in [5.74, 6) is 2.93. The lowest BCUT2D eigenvalue weighted by atomic mass is 9.98. The van der Waals surface area contributed by atoms with Gasteiger partial charge in [0.1, 0.15) is 23.2 Å². The van der Waals surface area contributed by atoms with Crippen molar-refractivity contribution >= 4 is 11.5 Å². The van der Waals surface area contributed by atoms with Crippen molar-refractivity contribution in [1.82, 2.24) is 4.98 Å². The van der Waals surface area contributed by atoms with Crippen LogP contribution in [-0.4, -0.2) is 32.3 Å². The van der Waals surface area contributed by atoms with Crippen LogP contribution in [0.1, 0.15) is 30.5 Å². The minimum absolute atomic E-state index is 0.496. The topological polar surface area (TPSA) is 88.4 Å². The third kappa shape index (κ3) is 2.94. The van der Waals surface area contributed by atoms with E-state index in [1.807, 2.05) is 19.9 Å². The molecule has 0 unspecified atom stereocenters. The number of anilines is 2. The van der Waals surface area contributed by atoms with Gasteiger partial charge >= 0.3 is 0 Å². The molecular formula is C19H22N4O3. The lowest BCUT2D eigenvalue weighted by Crippen LogP contribution is -2.14. The molecule has 3 rings (SSSR count). The number of hydrogen-bond acceptors (Lipinski definition) is 7. The zero-order valence-corrected chi connectivity index (χ0v) is 15.4. The molecule has 0 radical (unpaired) electrons. The fourth-order valence-corrected chi connectivity index (χ4v) is 3.06. The molecule has 2 N–H and O–H groups in total. The fourth-order valence-electron chi connectivity index (χ4n) is 3.06. The molecular weight excluding hydrogens is 332 g/mol. The quantitative estimate of drug-likeness (QED) is 0.700. The van der Waals surface area contributed by atoms with Crippen molar-refractivity contribution in [2.45, 2.75) is 20.3 Å². The summed E-state index contributed by atoms with van der Waals surface area (Å²) in [6, 6.07) is 5.96. The highest BCUT2D eigenvalue weighted by molar-refractivity contribution is 5.75. The Morgan fingerprint density at radius 2 is 1.85 bits per heavy atom. The summed E-state index contributed by atoms with van der Waals surface area (Å²) in [5.41, 5.74) is 3.08. The third-order valence-corrected chi connectivity index (χ3v) is 4.21. The molecule has 26 heavy (non-hydrogen) atoms. The van der Waals surface area contributed by atoms with Crippen molar-refractivity contribution < 1.29 is 14.2 Å². The molecule has 7 nitrogen and oxygen atoms in total. The van der Waals surface area contributed by atoms with Crippen LogP contribution in [0, 0.1) is 11.3 Å². The predicted octanol–water partition coefficient (Wildman–Crippen LogP) is 3.53. The maximum Gasteiger partial charge on any atom is 0.226 e. The van der Waals surface area contributed by atoms with Crippen LogP contribution >= 0.6 is 0 Å². The van der Waals surface area contributed by atoms with Crippen LogP contribution in [0.5, 0.6) is 23.1 Å². The number of nitriles is 1. The van der Waals surface area contributed by atoms with Gasteiger partial charge in [0.05, 0.1) is 19.9 Å². The molecule has 2 heterocycles. The van der Waals surface area contributed by atoms with E-state index in [1.54, 1.807) is 20.3 Å². The van der Waals surface area contributed by atoms with E-state index in [0.717, 1.165) is 16.8 Å². The highest BCUT2D eigenvalue weighted by Gasteiger charge is 2.27. The van der Waals surface area contributed by atoms with E-state index < -0.39 is 0 Å². The van der Waals surface area contributed by atoms with E-state index in [9.17, 15) is 5.26 Å². The molecule has 1 aromatic carbocycles. The van der Waals surface area contributed by atoms with E-state index in [2.05, 4.69) is 21.7 Å². The smallest absolute Gasteiger partial charge is 0.226 e. The number of nitrogens with one attached hydrogen (secondary N) is 2. The Kier molecular flexibility index (Phi) is 5.03. The van der Waals surface area contributed by atoms with Gasteiger partial charge in [-0.1, -0.05) is 0 Å². The van der Waals surface area contributed by atoms with Crippen molar-refractivity contribution in [2.24, 2.45) is 0 Å². The number of nitrogens with zero attached hydrogens (tertiary/aromatic N) is 2. The second-order valence-electron chi connectivity index (χ2n) is 5.76. The molecule has 1 aromatic heterocycles. The van der Waals surface area contributed by atoms with Crippen LogP contribution in [-0.2, 0) is 6.42 Å². The standard InChI is InChI=1S/C19H22N4O3/c1-5-21-17-12-7-11-8-15(24-3)16(25-4)9-14(11)26-19(12)23-18(22-6-2)13(17)10-20/h8-9H,5-7H2,1-4H3,(H2,21,22,23). The van der Waals surface area contributed by atoms with Gasteiger partial charge in [-0.15, -0.1) is 0 Å². The first kappa shape index (κ1) is 17.7. The molecule has 0 saturated heterocycles. The Morgan fingerprint density at radius 3 is 2.46 bits per heavy atom. The maximum atomic E-state index is 9.65. The molecule has 136 valence electrons. The lowest BCUT2D eigenvalue weighted by molar-refractivity contribution is 0.349. The Hall–Kier alpha value is -3.14. The van der Waals surface area contributed by atoms with Crippen molar-refractivity contribution in [2.75, 3.05) is 37.9 Å². The van der Waals surface area contributed by atoms with Crippen molar-refractivity contribution in [3.8, 4) is 29.2 Å². The van der Waals surface area contributed by atoms with Crippen LogP contribution in [0.2, 0.25) is 0 Å². The van der Waals surface area contributed by atoms with E-state index in [-0.39, 0.29) is 0 Å². The molecule has 0 amide bonds. The monoisotopic (exact) mass is 354 g/mol. The molecule has 2 aromatic rings. The summed E-state index contributed by atoms with van der Waals surface area (Å²) < 4.78 is 16.8. The highest BCUT2D eigenvalue weighted by atomic mass is 16.5. The average Bonchev–Trinajstić information content (AvgIpc) is 2.66. The summed E-state index contributed by atoms with van der Waals surface area (Å²) in [5, 5.41) is 16.1. The third-order valence-electron chi connectivity index (χ3n) is 4.21. The molecule has 1 aliphatic rings. The van der Waals surface area contributed by atoms with Gasteiger partial charge in [-0.3, -0.25) is 0 Å². The summed E-state index contributed by atoms with van der Waals surface area (Å²) in [6.45, 7) is 5.30. The number of pyridine rings is 1. The maximum absolute atomic E-state index is 9.65. The van der Waals surface area contributed by atoms with E-state index in [4.69, 9.17) is 14.2 Å². The number of ether oxygens (including phenoxy) is 3. The fraction of sp³-hybridized carbons (Fsp3) is 0.368. The first-order valence-electron chi connectivity index (χ1n) is 8.54. The number of fused-ring (bicyclic) bond motifs is 2. The number of benzene rings is 1. The SMILES string of the molecule is CCNc1nc2c(c(NCC)c1C#N)Cc1cc(OC)c(OC)cc1O2. The van der Waals surface area contributed by atoms with Crippen molar-refractivity contribution in [1.29, 1.82) is 5.26 Å². The largest absolute Gasteiger partial charge is 0.493 e. The van der Waals surface area contributed by atoms with E-state index in [1.165, 1.54) is 0 Å². The summed E-state index contributed by atoms with van der Waals surface area (Å²) in [6.07, 6.45) is 0.585. The van der Waals surface area contributed by atoms with Crippen LogP contribution in [0.15, 0.2) is 12.1 Å². The van der Waals surface area contributed by atoms with Gasteiger partial charge in [0.15, 0.2) is 11.5 Å². The average molecular weight is 354 g/mol. The normalized spacial score (nSPS) is 11.5. The minimum atomic E-state index is 0.496. The lowest BCUT2D eigenvalue weighted by Gasteiger charge is -2.25. The predicted molar refractivity (Wildman–Crippen MR) is 99.7 cm³/mol. The van der Waals surface area contributed by atoms with Crippen LogP contribution in [0.25, 0.3) is 0 Å². The second kappa shape index (κ2) is 7.40. The molecule has 0 aliphatic carbocycles. The van der Waals surface area contributed by atoms with Gasteiger partial charge in [0.2, 0.25) is 5.88 Å². The van der Waals surface area contributed by atoms with Crippen molar-refractivity contribution in [3.05, 3.63) is 28.8 Å². The molecule has 0 atom stereocenters. The molecule has 0 bridgehead atoms.